The van der Waals surface area contributed by atoms with Gasteiger partial charge in [-0.15, -0.1) is 11.3 Å². The molecule has 18 heavy (non-hydrogen) atoms. The van der Waals surface area contributed by atoms with Gasteiger partial charge < -0.3 is 10.2 Å². The zero-order chi connectivity index (χ0) is 13.5. The largest absolute Gasteiger partial charge is 0.350 e. The van der Waals surface area contributed by atoms with Gasteiger partial charge in [-0.05, 0) is 32.9 Å². The van der Waals surface area contributed by atoms with Crippen LogP contribution in [0.15, 0.2) is 6.20 Å². The standard InChI is InChI=1S/C13H23N3OS/c1-5-6-16(4)9-10(2)7-14-12(17)13-15-8-11(3)18-13/h8,10H,5-7,9H2,1-4H3,(H,14,17)/t10-/m1/s1. The Morgan fingerprint density at radius 2 is 2.33 bits per heavy atom. The zero-order valence-electron chi connectivity index (χ0n) is 11.7. The summed E-state index contributed by atoms with van der Waals surface area (Å²) in [5, 5.41) is 3.50. The van der Waals surface area contributed by atoms with Crippen molar-refractivity contribution in [3.05, 3.63) is 16.1 Å². The predicted octanol–water partition coefficient (Wildman–Crippen LogP) is 2.16. The van der Waals surface area contributed by atoms with Gasteiger partial charge in [0.1, 0.15) is 0 Å². The Morgan fingerprint density at radius 3 is 2.89 bits per heavy atom. The molecule has 1 aromatic rings. The van der Waals surface area contributed by atoms with Crippen molar-refractivity contribution in [2.45, 2.75) is 27.2 Å². The number of nitrogens with zero attached hydrogens (tertiary/aromatic N) is 2. The molecule has 4 nitrogen and oxygen atoms in total. The molecule has 1 aromatic heterocycles. The van der Waals surface area contributed by atoms with Crippen LogP contribution in [-0.4, -0.2) is 42.5 Å². The fourth-order valence-corrected chi connectivity index (χ4v) is 2.55. The summed E-state index contributed by atoms with van der Waals surface area (Å²) in [6.45, 7) is 9.09. The van der Waals surface area contributed by atoms with Crippen LogP contribution in [0.4, 0.5) is 0 Å². The molecule has 102 valence electrons. The normalized spacial score (nSPS) is 12.7. The molecule has 0 unspecified atom stereocenters. The first kappa shape index (κ1) is 15.1. The second kappa shape index (κ2) is 7.48. The van der Waals surface area contributed by atoms with Gasteiger partial charge in [-0.1, -0.05) is 13.8 Å². The summed E-state index contributed by atoms with van der Waals surface area (Å²) in [6, 6.07) is 0. The van der Waals surface area contributed by atoms with Crippen LogP contribution in [0.2, 0.25) is 0 Å². The molecule has 0 fully saturated rings. The van der Waals surface area contributed by atoms with Gasteiger partial charge in [0.2, 0.25) is 0 Å². The number of thiazole rings is 1. The number of hydrogen-bond acceptors (Lipinski definition) is 4. The van der Waals surface area contributed by atoms with Crippen molar-refractivity contribution in [2.75, 3.05) is 26.7 Å². The van der Waals surface area contributed by atoms with Crippen molar-refractivity contribution in [3.63, 3.8) is 0 Å². The lowest BCUT2D eigenvalue weighted by Crippen LogP contribution is -2.34. The third kappa shape index (κ3) is 5.14. The van der Waals surface area contributed by atoms with Gasteiger partial charge >= 0.3 is 0 Å². The summed E-state index contributed by atoms with van der Waals surface area (Å²) in [7, 11) is 2.12. The molecule has 0 spiro atoms. The van der Waals surface area contributed by atoms with Gasteiger partial charge in [0.15, 0.2) is 5.01 Å². The van der Waals surface area contributed by atoms with E-state index in [2.05, 4.69) is 36.1 Å². The Kier molecular flexibility index (Phi) is 6.29. The highest BCUT2D eigenvalue weighted by atomic mass is 32.1. The molecule has 0 aliphatic carbocycles. The topological polar surface area (TPSA) is 45.2 Å². The van der Waals surface area contributed by atoms with Crippen LogP contribution >= 0.6 is 11.3 Å². The molecule has 0 saturated carbocycles. The Bertz CT molecular complexity index is 378. The number of hydrogen-bond donors (Lipinski definition) is 1. The van der Waals surface area contributed by atoms with Gasteiger partial charge in [0.05, 0.1) is 0 Å². The maximum absolute atomic E-state index is 11.8. The summed E-state index contributed by atoms with van der Waals surface area (Å²) in [5.41, 5.74) is 0. The fraction of sp³-hybridized carbons (Fsp3) is 0.692. The van der Waals surface area contributed by atoms with Crippen molar-refractivity contribution in [2.24, 2.45) is 5.92 Å². The van der Waals surface area contributed by atoms with Gasteiger partial charge in [-0.25, -0.2) is 4.98 Å². The highest BCUT2D eigenvalue weighted by Crippen LogP contribution is 2.10. The van der Waals surface area contributed by atoms with Crippen LogP contribution in [0, 0.1) is 12.8 Å². The third-order valence-electron chi connectivity index (χ3n) is 2.66. The van der Waals surface area contributed by atoms with E-state index in [-0.39, 0.29) is 5.91 Å². The molecule has 1 rings (SSSR count). The number of carbonyl (C=O) groups excluding carboxylic acids is 1. The van der Waals surface area contributed by atoms with E-state index in [1.165, 1.54) is 11.3 Å². The van der Waals surface area contributed by atoms with Crippen molar-refractivity contribution < 1.29 is 4.79 Å². The molecule has 0 aliphatic rings. The highest BCUT2D eigenvalue weighted by molar-refractivity contribution is 7.13. The van der Waals surface area contributed by atoms with E-state index in [4.69, 9.17) is 0 Å². The summed E-state index contributed by atoms with van der Waals surface area (Å²) in [6.07, 6.45) is 2.89. The van der Waals surface area contributed by atoms with Crippen LogP contribution in [-0.2, 0) is 0 Å². The van der Waals surface area contributed by atoms with Crippen molar-refractivity contribution in [1.82, 2.24) is 15.2 Å². The highest BCUT2D eigenvalue weighted by Gasteiger charge is 2.12. The SMILES string of the molecule is CCCN(C)C[C@H](C)CNC(=O)c1ncc(C)s1. The van der Waals surface area contributed by atoms with Crippen LogP contribution < -0.4 is 5.32 Å². The summed E-state index contributed by atoms with van der Waals surface area (Å²) < 4.78 is 0. The number of carbonyl (C=O) groups is 1. The van der Waals surface area contributed by atoms with Crippen LogP contribution in [0.1, 0.15) is 34.9 Å². The molecular formula is C13H23N3OS. The zero-order valence-corrected chi connectivity index (χ0v) is 12.5. The lowest BCUT2D eigenvalue weighted by atomic mass is 10.1. The molecule has 0 aliphatic heterocycles. The van der Waals surface area contributed by atoms with Crippen LogP contribution in [0.3, 0.4) is 0 Å². The lowest BCUT2D eigenvalue weighted by Gasteiger charge is -2.20. The minimum Gasteiger partial charge on any atom is -0.350 e. The average Bonchev–Trinajstić information content (AvgIpc) is 2.73. The quantitative estimate of drug-likeness (QED) is 0.825. The molecule has 0 saturated heterocycles. The minimum atomic E-state index is -0.0573. The molecule has 0 aromatic carbocycles. The van der Waals surface area contributed by atoms with Crippen molar-refractivity contribution >= 4 is 17.2 Å². The molecule has 1 atom stereocenters. The van der Waals surface area contributed by atoms with Crippen molar-refractivity contribution in [3.8, 4) is 0 Å². The van der Waals surface area contributed by atoms with Gasteiger partial charge in [-0.3, -0.25) is 4.79 Å². The second-order valence-corrected chi connectivity index (χ2v) is 6.09. The second-order valence-electron chi connectivity index (χ2n) is 4.85. The Balaban J connectivity index is 2.30. The summed E-state index contributed by atoms with van der Waals surface area (Å²) in [5.74, 6) is 0.393. The van der Waals surface area contributed by atoms with E-state index in [1.54, 1.807) is 6.20 Å². The Labute approximate surface area is 113 Å². The van der Waals surface area contributed by atoms with E-state index in [1.807, 2.05) is 6.92 Å². The van der Waals surface area contributed by atoms with E-state index in [0.29, 0.717) is 17.5 Å². The molecule has 5 heteroatoms. The van der Waals surface area contributed by atoms with Gasteiger partial charge in [-0.2, -0.15) is 0 Å². The van der Waals surface area contributed by atoms with Crippen molar-refractivity contribution in [1.29, 1.82) is 0 Å². The molecule has 0 bridgehead atoms. The number of aryl methyl sites for hydroxylation is 1. The van der Waals surface area contributed by atoms with E-state index in [0.717, 1.165) is 24.4 Å². The first-order chi connectivity index (χ1) is 8.52. The molecular weight excluding hydrogens is 246 g/mol. The molecule has 1 N–H and O–H groups in total. The monoisotopic (exact) mass is 269 g/mol. The number of nitrogens with one attached hydrogen (secondary N) is 1. The number of amides is 1. The summed E-state index contributed by atoms with van der Waals surface area (Å²) >= 11 is 1.44. The third-order valence-corrected chi connectivity index (χ3v) is 3.57. The van der Waals surface area contributed by atoms with E-state index >= 15 is 0 Å². The van der Waals surface area contributed by atoms with Gasteiger partial charge in [0, 0.05) is 24.2 Å². The molecule has 0 radical (unpaired) electrons. The van der Waals surface area contributed by atoms with Crippen LogP contribution in [0.25, 0.3) is 0 Å². The molecule has 1 amide bonds. The Hall–Kier alpha value is -0.940. The number of rotatable bonds is 7. The maximum Gasteiger partial charge on any atom is 0.280 e. The van der Waals surface area contributed by atoms with E-state index < -0.39 is 0 Å². The predicted molar refractivity (Wildman–Crippen MR) is 76.1 cm³/mol. The Morgan fingerprint density at radius 1 is 1.61 bits per heavy atom. The lowest BCUT2D eigenvalue weighted by molar-refractivity contribution is 0.0944. The average molecular weight is 269 g/mol. The number of aromatic nitrogens is 1. The first-order valence-corrected chi connectivity index (χ1v) is 7.23. The maximum atomic E-state index is 11.8. The molecule has 1 heterocycles. The first-order valence-electron chi connectivity index (χ1n) is 6.42. The smallest absolute Gasteiger partial charge is 0.280 e. The minimum absolute atomic E-state index is 0.0573. The van der Waals surface area contributed by atoms with Crippen LogP contribution in [0.5, 0.6) is 0 Å². The van der Waals surface area contributed by atoms with Gasteiger partial charge in [0.25, 0.3) is 5.91 Å². The van der Waals surface area contributed by atoms with E-state index in [9.17, 15) is 4.79 Å². The fourth-order valence-electron chi connectivity index (χ4n) is 1.87. The summed E-state index contributed by atoms with van der Waals surface area (Å²) in [4.78, 5) is 19.2.